The van der Waals surface area contributed by atoms with E-state index in [4.69, 9.17) is 9.47 Å². The lowest BCUT2D eigenvalue weighted by Gasteiger charge is -2.15. The number of carbonyl (C=O) groups is 1. The van der Waals surface area contributed by atoms with E-state index in [2.05, 4.69) is 61.3 Å². The zero-order chi connectivity index (χ0) is 26.4. The number of ether oxygens (including phenoxy) is 2. The molecule has 3 aliphatic carbocycles. The zero-order valence-corrected chi connectivity index (χ0v) is 21.9. The zero-order valence-electron chi connectivity index (χ0n) is 21.9. The highest BCUT2D eigenvalue weighted by atomic mass is 16.5. The van der Waals surface area contributed by atoms with Gasteiger partial charge in [0.05, 0.1) is 24.0 Å². The number of pyridine rings is 1. The van der Waals surface area contributed by atoms with Crippen LogP contribution < -0.4 is 9.47 Å². The molecule has 0 aliphatic heterocycles. The normalized spacial score (nSPS) is 21.7. The molecule has 0 amide bonds. The highest BCUT2D eigenvalue weighted by Gasteiger charge is 2.59. The molecule has 0 bridgehead atoms. The second-order valence-electron chi connectivity index (χ2n) is 11.2. The van der Waals surface area contributed by atoms with E-state index in [0.29, 0.717) is 19.1 Å². The minimum atomic E-state index is -0.697. The van der Waals surface area contributed by atoms with Crippen LogP contribution in [0, 0.1) is 42.4 Å². The second kappa shape index (κ2) is 9.47. The first-order valence-corrected chi connectivity index (χ1v) is 13.5. The van der Waals surface area contributed by atoms with Gasteiger partial charge >= 0.3 is 5.97 Å². The van der Waals surface area contributed by atoms with Crippen LogP contribution in [0.2, 0.25) is 0 Å². The van der Waals surface area contributed by atoms with Crippen LogP contribution in [0.1, 0.15) is 59.4 Å². The molecule has 38 heavy (non-hydrogen) atoms. The number of nitrogens with zero attached hydrogens (tertiary/aromatic N) is 2. The topological polar surface area (TPSA) is 92.4 Å². The summed E-state index contributed by atoms with van der Waals surface area (Å²) in [5.41, 5.74) is 7.88. The Labute approximate surface area is 223 Å². The molecule has 0 unspecified atom stereocenters. The largest absolute Gasteiger partial charge is 0.494 e. The minimum Gasteiger partial charge on any atom is -0.494 e. The first-order chi connectivity index (χ1) is 18.4. The Morgan fingerprint density at radius 2 is 1.95 bits per heavy atom. The molecule has 3 atom stereocenters. The molecule has 0 radical (unpaired) electrons. The third-order valence-corrected chi connectivity index (χ3v) is 8.54. The van der Waals surface area contributed by atoms with Gasteiger partial charge in [0.25, 0.3) is 0 Å². The van der Waals surface area contributed by atoms with E-state index in [1.807, 2.05) is 6.07 Å². The van der Waals surface area contributed by atoms with Gasteiger partial charge in [-0.3, -0.25) is 4.79 Å². The predicted molar refractivity (Wildman–Crippen MR) is 143 cm³/mol. The molecule has 1 heterocycles. The van der Waals surface area contributed by atoms with Crippen molar-refractivity contribution in [2.24, 2.45) is 17.3 Å². The average Bonchev–Trinajstić information content (AvgIpc) is 3.80. The minimum absolute atomic E-state index is 0.0731. The van der Waals surface area contributed by atoms with Crippen LogP contribution >= 0.6 is 0 Å². The van der Waals surface area contributed by atoms with Gasteiger partial charge in [-0.25, -0.2) is 4.98 Å². The van der Waals surface area contributed by atoms with Crippen molar-refractivity contribution >= 4 is 5.97 Å². The molecule has 3 aliphatic rings. The summed E-state index contributed by atoms with van der Waals surface area (Å²) in [6.07, 6.45) is 6.48. The monoisotopic (exact) mass is 508 g/mol. The fourth-order valence-corrected chi connectivity index (χ4v) is 6.29. The highest BCUT2D eigenvalue weighted by molar-refractivity contribution is 5.77. The van der Waals surface area contributed by atoms with Crippen molar-refractivity contribution in [1.29, 1.82) is 5.26 Å². The quantitative estimate of drug-likeness (QED) is 0.320. The molecular formula is C32H32N2O4. The van der Waals surface area contributed by atoms with Gasteiger partial charge in [0.15, 0.2) is 0 Å². The summed E-state index contributed by atoms with van der Waals surface area (Å²) in [6.45, 7) is 5.27. The van der Waals surface area contributed by atoms with Crippen molar-refractivity contribution in [3.63, 3.8) is 0 Å². The van der Waals surface area contributed by atoms with Crippen molar-refractivity contribution in [1.82, 2.24) is 4.98 Å². The van der Waals surface area contributed by atoms with E-state index in [1.165, 1.54) is 11.1 Å². The number of aryl methyl sites for hydroxylation is 2. The lowest BCUT2D eigenvalue weighted by atomic mass is 9.94. The maximum absolute atomic E-state index is 11.3. The van der Waals surface area contributed by atoms with E-state index in [1.54, 1.807) is 6.20 Å². The Kier molecular flexibility index (Phi) is 6.10. The third-order valence-electron chi connectivity index (χ3n) is 8.54. The van der Waals surface area contributed by atoms with Crippen LogP contribution in [0.5, 0.6) is 11.6 Å². The molecule has 2 fully saturated rings. The molecule has 1 N–H and O–H groups in total. The molecule has 6 nitrogen and oxygen atoms in total. The number of fused-ring (bicyclic) bond motifs is 3. The number of carboxylic acid groups (broad SMARTS) is 1. The van der Waals surface area contributed by atoms with Gasteiger partial charge < -0.3 is 14.6 Å². The fraction of sp³-hybridized carbons (Fsp3) is 0.406. The van der Waals surface area contributed by atoms with E-state index in [9.17, 15) is 15.2 Å². The van der Waals surface area contributed by atoms with Gasteiger partial charge in [0.2, 0.25) is 5.88 Å². The van der Waals surface area contributed by atoms with Crippen LogP contribution in [-0.4, -0.2) is 22.7 Å². The van der Waals surface area contributed by atoms with Crippen LogP contribution in [0.4, 0.5) is 0 Å². The summed E-state index contributed by atoms with van der Waals surface area (Å²) in [6, 6.07) is 17.0. The first kappa shape index (κ1) is 24.5. The van der Waals surface area contributed by atoms with Gasteiger partial charge in [-0.2, -0.15) is 5.26 Å². The third kappa shape index (κ3) is 4.62. The predicted octanol–water partition coefficient (Wildman–Crippen LogP) is 6.38. The van der Waals surface area contributed by atoms with Gasteiger partial charge in [-0.05, 0) is 109 Å². The standard InChI is InChI=1S/C32H32N2O4/c1-19-11-24(37-10-4-7-32(18-33)8-9-32)12-20(2)28(19)22-6-3-5-21(13-22)17-38-27-15-23-14-25-29(26(23)16-34-27)30(25)31(35)36/h3,5-6,11-13,15-16,25,29-30H,4,7-10,14,17H2,1-2H3,(H,35,36)/t25-,29+,30+/m1/s1. The van der Waals surface area contributed by atoms with E-state index >= 15 is 0 Å². The Hall–Kier alpha value is -3.85. The number of benzene rings is 2. The molecule has 194 valence electrons. The van der Waals surface area contributed by atoms with Crippen molar-refractivity contribution in [2.75, 3.05) is 6.61 Å². The SMILES string of the molecule is Cc1cc(OCCCC2(C#N)CC2)cc(C)c1-c1cccc(COc2cc3c(cn2)[C@@H]2[C@@H](C3)[C@@H]2C(=O)O)c1. The second-order valence-corrected chi connectivity index (χ2v) is 11.2. The molecule has 3 aromatic rings. The summed E-state index contributed by atoms with van der Waals surface area (Å²) in [4.78, 5) is 15.8. The number of aliphatic carboxylic acids is 1. The van der Waals surface area contributed by atoms with Crippen molar-refractivity contribution in [2.45, 2.75) is 58.5 Å². The number of aromatic nitrogens is 1. The molecular weight excluding hydrogens is 476 g/mol. The summed E-state index contributed by atoms with van der Waals surface area (Å²) >= 11 is 0. The van der Waals surface area contributed by atoms with Crippen molar-refractivity contribution in [3.05, 3.63) is 76.5 Å². The molecule has 1 aromatic heterocycles. The van der Waals surface area contributed by atoms with Gasteiger partial charge in [0.1, 0.15) is 12.4 Å². The molecule has 0 spiro atoms. The van der Waals surface area contributed by atoms with Crippen molar-refractivity contribution in [3.8, 4) is 28.8 Å². The fourth-order valence-electron chi connectivity index (χ4n) is 6.29. The van der Waals surface area contributed by atoms with E-state index < -0.39 is 5.97 Å². The number of hydrogen-bond acceptors (Lipinski definition) is 5. The van der Waals surface area contributed by atoms with Crippen LogP contribution in [0.25, 0.3) is 11.1 Å². The van der Waals surface area contributed by atoms with Crippen LogP contribution in [-0.2, 0) is 17.8 Å². The van der Waals surface area contributed by atoms with Gasteiger partial charge in [0, 0.05) is 18.2 Å². The van der Waals surface area contributed by atoms with E-state index in [-0.39, 0.29) is 23.2 Å². The van der Waals surface area contributed by atoms with Crippen LogP contribution in [0.3, 0.4) is 0 Å². The molecule has 2 aromatic carbocycles. The summed E-state index contributed by atoms with van der Waals surface area (Å²) in [7, 11) is 0. The summed E-state index contributed by atoms with van der Waals surface area (Å²) in [5, 5.41) is 18.6. The molecule has 6 rings (SSSR count). The average molecular weight is 509 g/mol. The number of carboxylic acids is 1. The molecule has 6 heteroatoms. The molecule has 0 saturated heterocycles. The Balaban J connectivity index is 1.09. The maximum atomic E-state index is 11.3. The van der Waals surface area contributed by atoms with E-state index in [0.717, 1.165) is 65.7 Å². The highest BCUT2D eigenvalue weighted by Crippen LogP contribution is 2.61. The number of nitriles is 1. The Morgan fingerprint density at radius 1 is 1.16 bits per heavy atom. The Morgan fingerprint density at radius 3 is 2.66 bits per heavy atom. The van der Waals surface area contributed by atoms with Gasteiger partial charge in [-0.15, -0.1) is 0 Å². The first-order valence-electron chi connectivity index (χ1n) is 13.5. The lowest BCUT2D eigenvalue weighted by Crippen LogP contribution is -2.06. The number of rotatable bonds is 10. The van der Waals surface area contributed by atoms with Crippen molar-refractivity contribution < 1.29 is 19.4 Å². The summed E-state index contributed by atoms with van der Waals surface area (Å²) < 4.78 is 12.1. The number of hydrogen-bond donors (Lipinski definition) is 1. The van der Waals surface area contributed by atoms with Crippen LogP contribution in [0.15, 0.2) is 48.7 Å². The van der Waals surface area contributed by atoms with Gasteiger partial charge in [-0.1, -0.05) is 18.2 Å². The smallest absolute Gasteiger partial charge is 0.307 e. The molecule has 2 saturated carbocycles. The lowest BCUT2D eigenvalue weighted by molar-refractivity contribution is -0.139. The summed E-state index contributed by atoms with van der Waals surface area (Å²) in [5.74, 6) is 0.867. The Bertz CT molecular complexity index is 1430. The maximum Gasteiger partial charge on any atom is 0.307 e.